The number of carbonyl (C=O) groups is 1. The number of fused-ring (bicyclic) bond motifs is 1. The highest BCUT2D eigenvalue weighted by atomic mass is 16.7. The van der Waals surface area contributed by atoms with Crippen molar-refractivity contribution >= 4 is 17.5 Å². The largest absolute Gasteiger partial charge is 0.467 e. The Morgan fingerprint density at radius 2 is 2.10 bits per heavy atom. The van der Waals surface area contributed by atoms with Gasteiger partial charge in [-0.05, 0) is 12.1 Å². The molecule has 0 amide bonds. The van der Waals surface area contributed by atoms with E-state index in [9.17, 15) is 14.9 Å². The second-order valence-corrected chi connectivity index (χ2v) is 6.51. The van der Waals surface area contributed by atoms with Crippen LogP contribution < -0.4 is 9.64 Å². The minimum absolute atomic E-state index is 0.0372. The van der Waals surface area contributed by atoms with E-state index < -0.39 is 10.9 Å². The third kappa shape index (κ3) is 4.13. The van der Waals surface area contributed by atoms with Gasteiger partial charge in [0.05, 0.1) is 24.7 Å². The Balaban J connectivity index is 1.55. The first kappa shape index (κ1) is 19.1. The van der Waals surface area contributed by atoms with E-state index in [0.717, 1.165) is 0 Å². The van der Waals surface area contributed by atoms with Crippen molar-refractivity contribution in [1.82, 2.24) is 4.98 Å². The van der Waals surface area contributed by atoms with Crippen LogP contribution in [0.25, 0.3) is 0 Å². The Labute approximate surface area is 166 Å². The number of benzene rings is 1. The number of hydrogen-bond donors (Lipinski definition) is 0. The molecule has 29 heavy (non-hydrogen) atoms. The second-order valence-electron chi connectivity index (χ2n) is 6.51. The Morgan fingerprint density at radius 3 is 2.90 bits per heavy atom. The monoisotopic (exact) mass is 401 g/mol. The van der Waals surface area contributed by atoms with Crippen LogP contribution >= 0.6 is 0 Å². The first-order valence-electron chi connectivity index (χ1n) is 9.09. The number of non-ortho nitro benzene ring substituents is 1. The quantitative estimate of drug-likeness (QED) is 0.422. The molecule has 0 atom stereocenters. The average molecular weight is 401 g/mol. The van der Waals surface area contributed by atoms with Gasteiger partial charge < -0.3 is 23.8 Å². The third-order valence-corrected chi connectivity index (χ3v) is 4.66. The number of hydrogen-bond acceptors (Lipinski definition) is 9. The van der Waals surface area contributed by atoms with Crippen LogP contribution in [0.15, 0.2) is 30.5 Å². The second kappa shape index (κ2) is 8.41. The van der Waals surface area contributed by atoms with Gasteiger partial charge in [-0.25, -0.2) is 9.78 Å². The fourth-order valence-corrected chi connectivity index (χ4v) is 3.30. The zero-order valence-electron chi connectivity index (χ0n) is 15.5. The first-order valence-corrected chi connectivity index (χ1v) is 9.09. The van der Waals surface area contributed by atoms with E-state index in [4.69, 9.17) is 18.9 Å². The summed E-state index contributed by atoms with van der Waals surface area (Å²) >= 11 is 0. The maximum atomic E-state index is 12.7. The Morgan fingerprint density at radius 1 is 1.28 bits per heavy atom. The first-order chi connectivity index (χ1) is 14.1. The summed E-state index contributed by atoms with van der Waals surface area (Å²) in [5.74, 6) is 0.424. The van der Waals surface area contributed by atoms with E-state index in [2.05, 4.69) is 4.98 Å². The van der Waals surface area contributed by atoms with Crippen molar-refractivity contribution in [2.24, 2.45) is 0 Å². The van der Waals surface area contributed by atoms with Gasteiger partial charge in [-0.3, -0.25) is 10.1 Å². The zero-order valence-corrected chi connectivity index (χ0v) is 15.5. The molecular formula is C19H19N3O7. The molecule has 152 valence electrons. The SMILES string of the molecule is O=C(OCc1cc([N+](=O)[O-])cc2c1OCOC2)c1cccnc1N1CCOCC1. The minimum Gasteiger partial charge on any atom is -0.467 e. The number of ether oxygens (including phenoxy) is 4. The molecule has 2 aliphatic heterocycles. The van der Waals surface area contributed by atoms with E-state index in [1.54, 1.807) is 18.3 Å². The molecule has 0 bridgehead atoms. The highest BCUT2D eigenvalue weighted by Crippen LogP contribution is 2.33. The molecule has 0 N–H and O–H groups in total. The normalized spacial score (nSPS) is 15.9. The number of esters is 1. The van der Waals surface area contributed by atoms with Crippen LogP contribution in [-0.4, -0.2) is 49.0 Å². The van der Waals surface area contributed by atoms with Crippen LogP contribution in [0.2, 0.25) is 0 Å². The molecule has 1 saturated heterocycles. The van der Waals surface area contributed by atoms with Crippen LogP contribution in [0, 0.1) is 10.1 Å². The Kier molecular flexibility index (Phi) is 5.54. The van der Waals surface area contributed by atoms with Crippen LogP contribution in [0.3, 0.4) is 0 Å². The lowest BCUT2D eigenvalue weighted by Crippen LogP contribution is -2.37. The highest BCUT2D eigenvalue weighted by Gasteiger charge is 2.24. The zero-order chi connectivity index (χ0) is 20.2. The highest BCUT2D eigenvalue weighted by molar-refractivity contribution is 5.94. The molecule has 3 heterocycles. The summed E-state index contributed by atoms with van der Waals surface area (Å²) in [6.07, 6.45) is 1.62. The number of aromatic nitrogens is 1. The van der Waals surface area contributed by atoms with Crippen molar-refractivity contribution in [1.29, 1.82) is 0 Å². The molecule has 0 aliphatic carbocycles. The number of anilines is 1. The van der Waals surface area contributed by atoms with Gasteiger partial charge >= 0.3 is 5.97 Å². The van der Waals surface area contributed by atoms with Gasteiger partial charge in [0, 0.05) is 42.5 Å². The molecule has 1 aromatic heterocycles. The van der Waals surface area contributed by atoms with Crippen LogP contribution in [0.4, 0.5) is 11.5 Å². The number of pyridine rings is 1. The molecule has 10 nitrogen and oxygen atoms in total. The molecule has 1 aromatic carbocycles. The van der Waals surface area contributed by atoms with Crippen molar-refractivity contribution in [3.05, 3.63) is 57.3 Å². The van der Waals surface area contributed by atoms with Gasteiger partial charge in [0.2, 0.25) is 0 Å². The molecule has 0 spiro atoms. The summed E-state index contributed by atoms with van der Waals surface area (Å²) in [5.41, 5.74) is 1.19. The van der Waals surface area contributed by atoms with E-state index in [1.165, 1.54) is 12.1 Å². The molecule has 0 unspecified atom stereocenters. The lowest BCUT2D eigenvalue weighted by atomic mass is 10.1. The van der Waals surface area contributed by atoms with Crippen molar-refractivity contribution < 1.29 is 28.7 Å². The molecular weight excluding hydrogens is 382 g/mol. The van der Waals surface area contributed by atoms with Crippen molar-refractivity contribution in [3.63, 3.8) is 0 Å². The summed E-state index contributed by atoms with van der Waals surface area (Å²) in [6, 6.07) is 6.06. The topological polar surface area (TPSA) is 113 Å². The van der Waals surface area contributed by atoms with Gasteiger partial charge in [-0.1, -0.05) is 0 Å². The predicted octanol–water partition coefficient (Wildman–Crippen LogP) is 2.05. The number of nitro benzene ring substituents is 1. The van der Waals surface area contributed by atoms with E-state index in [-0.39, 0.29) is 25.7 Å². The summed E-state index contributed by atoms with van der Waals surface area (Å²) in [5, 5.41) is 11.2. The molecule has 0 saturated carbocycles. The van der Waals surface area contributed by atoms with Crippen molar-refractivity contribution in [3.8, 4) is 5.75 Å². The number of morpholine rings is 1. The van der Waals surface area contributed by atoms with Crippen molar-refractivity contribution in [2.45, 2.75) is 13.2 Å². The van der Waals surface area contributed by atoms with Gasteiger partial charge in [0.25, 0.3) is 5.69 Å². The van der Waals surface area contributed by atoms with Gasteiger partial charge in [0.15, 0.2) is 6.79 Å². The number of nitrogens with zero attached hydrogens (tertiary/aromatic N) is 3. The van der Waals surface area contributed by atoms with E-state index in [0.29, 0.717) is 54.6 Å². The number of nitro groups is 1. The lowest BCUT2D eigenvalue weighted by molar-refractivity contribution is -0.385. The smallest absolute Gasteiger partial charge is 0.342 e. The minimum atomic E-state index is -0.563. The molecule has 10 heteroatoms. The van der Waals surface area contributed by atoms with E-state index >= 15 is 0 Å². The summed E-state index contributed by atoms with van der Waals surface area (Å²) in [7, 11) is 0. The maximum Gasteiger partial charge on any atom is 0.342 e. The summed E-state index contributed by atoms with van der Waals surface area (Å²) < 4.78 is 21.5. The standard InChI is InChI=1S/C19H19N3O7/c23-19(16-2-1-3-20-18(16)21-4-6-26-7-5-21)28-11-14-9-15(22(24)25)8-13-10-27-12-29-17(13)14/h1-3,8-9H,4-7,10-12H2. The molecule has 0 radical (unpaired) electrons. The molecule has 1 fully saturated rings. The lowest BCUT2D eigenvalue weighted by Gasteiger charge is -2.28. The molecule has 2 aliphatic rings. The van der Waals surface area contributed by atoms with Gasteiger partial charge in [0.1, 0.15) is 23.7 Å². The van der Waals surface area contributed by atoms with E-state index in [1.807, 2.05) is 4.90 Å². The summed E-state index contributed by atoms with van der Waals surface area (Å²) in [6.45, 7) is 2.44. The molecule has 4 rings (SSSR count). The number of carbonyl (C=O) groups excluding carboxylic acids is 1. The van der Waals surface area contributed by atoms with Crippen molar-refractivity contribution in [2.75, 3.05) is 38.0 Å². The van der Waals surface area contributed by atoms with Gasteiger partial charge in [-0.2, -0.15) is 0 Å². The summed E-state index contributed by atoms with van der Waals surface area (Å²) in [4.78, 5) is 29.8. The molecule has 2 aromatic rings. The Hall–Kier alpha value is -3.24. The maximum absolute atomic E-state index is 12.7. The van der Waals surface area contributed by atoms with Crippen LogP contribution in [0.1, 0.15) is 21.5 Å². The van der Waals surface area contributed by atoms with Gasteiger partial charge in [-0.15, -0.1) is 0 Å². The Bertz CT molecular complexity index is 928. The van der Waals surface area contributed by atoms with Crippen LogP contribution in [0.5, 0.6) is 5.75 Å². The fourth-order valence-electron chi connectivity index (χ4n) is 3.30. The predicted molar refractivity (Wildman–Crippen MR) is 99.8 cm³/mol. The third-order valence-electron chi connectivity index (χ3n) is 4.66. The fraction of sp³-hybridized carbons (Fsp3) is 0.368. The van der Waals surface area contributed by atoms with Crippen LogP contribution in [-0.2, 0) is 27.4 Å². The number of rotatable bonds is 5. The average Bonchev–Trinajstić information content (AvgIpc) is 2.77.